The molecule has 0 aliphatic carbocycles. The first kappa shape index (κ1) is 20.3. The van der Waals surface area contributed by atoms with Crippen LogP contribution < -0.4 is 0 Å². The zero-order valence-electron chi connectivity index (χ0n) is 14.7. The molecule has 0 bridgehead atoms. The lowest BCUT2D eigenvalue weighted by atomic mass is 10.1. The van der Waals surface area contributed by atoms with E-state index in [-0.39, 0.29) is 0 Å². The maximum absolute atomic E-state index is 11.3. The van der Waals surface area contributed by atoms with E-state index in [4.69, 9.17) is 9.47 Å². The molecule has 0 rings (SSSR count). The number of carbonyl (C=O) groups excluding carboxylic acids is 1. The Bertz CT molecular complexity index is 243. The van der Waals surface area contributed by atoms with Crippen LogP contribution in [-0.4, -0.2) is 18.4 Å². The van der Waals surface area contributed by atoms with Gasteiger partial charge in [-0.25, -0.2) is 4.79 Å². The minimum atomic E-state index is -0.547. The van der Waals surface area contributed by atoms with Crippen molar-refractivity contribution in [2.75, 3.05) is 6.61 Å². The van der Waals surface area contributed by atoms with E-state index in [9.17, 15) is 4.79 Å². The zero-order chi connectivity index (χ0) is 16.0. The quantitative estimate of drug-likeness (QED) is 0.316. The Morgan fingerprint density at radius 3 is 1.62 bits per heavy atom. The molecule has 0 spiro atoms. The smallest absolute Gasteiger partial charge is 0.434 e. The highest BCUT2D eigenvalue weighted by Crippen LogP contribution is 2.12. The third-order valence-electron chi connectivity index (χ3n) is 3.36. The van der Waals surface area contributed by atoms with E-state index in [1.807, 2.05) is 20.8 Å². The van der Waals surface area contributed by atoms with Crippen LogP contribution in [0.5, 0.6) is 0 Å². The fourth-order valence-electron chi connectivity index (χ4n) is 2.20. The van der Waals surface area contributed by atoms with Gasteiger partial charge in [-0.15, -0.1) is 0 Å². The predicted molar refractivity (Wildman–Crippen MR) is 88.6 cm³/mol. The Morgan fingerprint density at radius 1 is 0.762 bits per heavy atom. The highest BCUT2D eigenvalue weighted by molar-refractivity contribution is 5.60. The Hall–Kier alpha value is -0.730. The Kier molecular flexibility index (Phi) is 12.5. The summed E-state index contributed by atoms with van der Waals surface area (Å²) in [5.74, 6) is 0. The highest BCUT2D eigenvalue weighted by Gasteiger charge is 2.16. The van der Waals surface area contributed by atoms with Crippen molar-refractivity contribution in [3.05, 3.63) is 0 Å². The fourth-order valence-corrected chi connectivity index (χ4v) is 2.20. The van der Waals surface area contributed by atoms with E-state index in [1.54, 1.807) is 0 Å². The second kappa shape index (κ2) is 13.0. The largest absolute Gasteiger partial charge is 0.508 e. The second-order valence-electron chi connectivity index (χ2n) is 6.85. The van der Waals surface area contributed by atoms with Crippen LogP contribution in [0.1, 0.15) is 98.3 Å². The average molecular weight is 300 g/mol. The van der Waals surface area contributed by atoms with E-state index in [1.165, 1.54) is 57.8 Å². The molecule has 0 aliphatic heterocycles. The monoisotopic (exact) mass is 300 g/mol. The molecule has 0 aliphatic rings. The molecule has 126 valence electrons. The molecule has 3 heteroatoms. The minimum absolute atomic E-state index is 0.464. The molecule has 0 saturated heterocycles. The summed E-state index contributed by atoms with van der Waals surface area (Å²) < 4.78 is 10.1. The lowest BCUT2D eigenvalue weighted by Crippen LogP contribution is -2.24. The third-order valence-corrected chi connectivity index (χ3v) is 3.36. The number of carbonyl (C=O) groups is 1. The van der Waals surface area contributed by atoms with Gasteiger partial charge in [-0.2, -0.15) is 0 Å². The number of hydrogen-bond donors (Lipinski definition) is 0. The third kappa shape index (κ3) is 17.2. The molecule has 3 nitrogen and oxygen atoms in total. The summed E-state index contributed by atoms with van der Waals surface area (Å²) in [5, 5.41) is 0. The Labute approximate surface area is 131 Å². The molecule has 0 unspecified atom stereocenters. The van der Waals surface area contributed by atoms with Crippen LogP contribution >= 0.6 is 0 Å². The minimum Gasteiger partial charge on any atom is -0.434 e. The van der Waals surface area contributed by atoms with Gasteiger partial charge in [-0.05, 0) is 27.2 Å². The molecule has 0 aromatic rings. The summed E-state index contributed by atoms with van der Waals surface area (Å²) in [6, 6.07) is 0. The Morgan fingerprint density at radius 2 is 1.19 bits per heavy atom. The molecule has 0 aromatic heterocycles. The van der Waals surface area contributed by atoms with Crippen molar-refractivity contribution in [1.29, 1.82) is 0 Å². The van der Waals surface area contributed by atoms with Crippen LogP contribution in [-0.2, 0) is 9.47 Å². The van der Waals surface area contributed by atoms with Crippen molar-refractivity contribution in [2.24, 2.45) is 0 Å². The first-order valence-electron chi connectivity index (χ1n) is 8.81. The lowest BCUT2D eigenvalue weighted by molar-refractivity contribution is -0.00770. The van der Waals surface area contributed by atoms with Crippen LogP contribution in [0.2, 0.25) is 0 Å². The van der Waals surface area contributed by atoms with Gasteiger partial charge in [0.25, 0.3) is 0 Å². The summed E-state index contributed by atoms with van der Waals surface area (Å²) in [6.45, 7) is 8.27. The predicted octanol–water partition coefficient (Wildman–Crippen LogP) is 6.25. The molecule has 0 amide bonds. The van der Waals surface area contributed by atoms with Crippen LogP contribution in [0.25, 0.3) is 0 Å². The molecule has 21 heavy (non-hydrogen) atoms. The van der Waals surface area contributed by atoms with Crippen molar-refractivity contribution in [2.45, 2.75) is 104 Å². The average Bonchev–Trinajstić information content (AvgIpc) is 2.38. The molecule has 0 atom stereocenters. The molecular formula is C18H36O3. The molecule has 0 fully saturated rings. The highest BCUT2D eigenvalue weighted by atomic mass is 16.7. The van der Waals surface area contributed by atoms with E-state index >= 15 is 0 Å². The molecular weight excluding hydrogens is 264 g/mol. The van der Waals surface area contributed by atoms with E-state index in [0.29, 0.717) is 6.61 Å². The van der Waals surface area contributed by atoms with Crippen LogP contribution in [0.4, 0.5) is 4.79 Å². The Balaban J connectivity index is 3.17. The number of unbranched alkanes of at least 4 members (excludes halogenated alkanes) is 10. The summed E-state index contributed by atoms with van der Waals surface area (Å²) in [6.07, 6.45) is 13.7. The first-order valence-corrected chi connectivity index (χ1v) is 8.81. The van der Waals surface area contributed by atoms with Gasteiger partial charge in [0.1, 0.15) is 5.60 Å². The number of rotatable bonds is 12. The van der Waals surface area contributed by atoms with Crippen molar-refractivity contribution in [3.63, 3.8) is 0 Å². The standard InChI is InChI=1S/C18H36O3/c1-5-6-7-8-9-10-11-12-13-14-15-16-20-17(19)21-18(2,3)4/h5-16H2,1-4H3. The van der Waals surface area contributed by atoms with Crippen LogP contribution in [0, 0.1) is 0 Å². The van der Waals surface area contributed by atoms with Crippen molar-refractivity contribution >= 4 is 6.16 Å². The van der Waals surface area contributed by atoms with Gasteiger partial charge in [0, 0.05) is 0 Å². The van der Waals surface area contributed by atoms with Crippen molar-refractivity contribution in [1.82, 2.24) is 0 Å². The maximum atomic E-state index is 11.3. The number of hydrogen-bond acceptors (Lipinski definition) is 3. The topological polar surface area (TPSA) is 35.5 Å². The van der Waals surface area contributed by atoms with E-state index < -0.39 is 11.8 Å². The summed E-state index contributed by atoms with van der Waals surface area (Å²) in [7, 11) is 0. The van der Waals surface area contributed by atoms with Gasteiger partial charge in [0.2, 0.25) is 0 Å². The first-order chi connectivity index (χ1) is 9.95. The van der Waals surface area contributed by atoms with Crippen molar-refractivity contribution < 1.29 is 14.3 Å². The van der Waals surface area contributed by atoms with Gasteiger partial charge in [-0.3, -0.25) is 0 Å². The lowest BCUT2D eigenvalue weighted by Gasteiger charge is -2.18. The van der Waals surface area contributed by atoms with Gasteiger partial charge in [0.15, 0.2) is 0 Å². The second-order valence-corrected chi connectivity index (χ2v) is 6.85. The molecule has 0 heterocycles. The zero-order valence-corrected chi connectivity index (χ0v) is 14.7. The van der Waals surface area contributed by atoms with E-state index in [0.717, 1.165) is 12.8 Å². The number of ether oxygens (including phenoxy) is 2. The fraction of sp³-hybridized carbons (Fsp3) is 0.944. The van der Waals surface area contributed by atoms with Crippen LogP contribution in [0.3, 0.4) is 0 Å². The summed E-state index contributed by atoms with van der Waals surface area (Å²) >= 11 is 0. The SMILES string of the molecule is CCCCCCCCCCCCCOC(=O)OC(C)(C)C. The van der Waals surface area contributed by atoms with Crippen LogP contribution in [0.15, 0.2) is 0 Å². The molecule has 0 N–H and O–H groups in total. The van der Waals surface area contributed by atoms with Crippen molar-refractivity contribution in [3.8, 4) is 0 Å². The van der Waals surface area contributed by atoms with Gasteiger partial charge in [-0.1, -0.05) is 71.1 Å². The molecule has 0 saturated carbocycles. The maximum Gasteiger partial charge on any atom is 0.508 e. The van der Waals surface area contributed by atoms with Gasteiger partial charge < -0.3 is 9.47 Å². The molecule has 0 aromatic carbocycles. The normalized spacial score (nSPS) is 11.4. The van der Waals surface area contributed by atoms with Gasteiger partial charge in [0.05, 0.1) is 6.61 Å². The molecule has 0 radical (unpaired) electrons. The van der Waals surface area contributed by atoms with E-state index in [2.05, 4.69) is 6.92 Å². The summed E-state index contributed by atoms with van der Waals surface area (Å²) in [4.78, 5) is 11.3. The van der Waals surface area contributed by atoms with Gasteiger partial charge >= 0.3 is 6.16 Å². The summed E-state index contributed by atoms with van der Waals surface area (Å²) in [5.41, 5.74) is -0.464.